The van der Waals surface area contributed by atoms with E-state index >= 15 is 0 Å². The summed E-state index contributed by atoms with van der Waals surface area (Å²) in [7, 11) is 0. The predicted octanol–water partition coefficient (Wildman–Crippen LogP) is 2.81. The van der Waals surface area contributed by atoms with Crippen LogP contribution in [-0.4, -0.2) is 5.11 Å². The fourth-order valence-electron chi connectivity index (χ4n) is 1.09. The average molecular weight is 245 g/mol. The maximum absolute atomic E-state index is 13.2. The van der Waals surface area contributed by atoms with Crippen molar-refractivity contribution >= 4 is 15.9 Å². The molecule has 0 amide bonds. The second-order valence-electron chi connectivity index (χ2n) is 2.69. The van der Waals surface area contributed by atoms with Crippen molar-refractivity contribution in [1.29, 1.82) is 0 Å². The molecule has 0 atom stereocenters. The number of rotatable bonds is 3. The quantitative estimate of drug-likeness (QED) is 0.812. The lowest BCUT2D eigenvalue weighted by atomic mass is 10.1. The minimum Gasteiger partial charge on any atom is -0.392 e. The number of benzene rings is 1. The van der Waals surface area contributed by atoms with E-state index in [1.807, 2.05) is 0 Å². The predicted molar refractivity (Wildman–Crippen MR) is 53.9 cm³/mol. The zero-order valence-corrected chi connectivity index (χ0v) is 8.64. The summed E-state index contributed by atoms with van der Waals surface area (Å²) in [6.07, 6.45) is 2.33. The van der Waals surface area contributed by atoms with Crippen molar-refractivity contribution in [1.82, 2.24) is 0 Å². The SMILES string of the molecule is C=CCc1cc(F)c(CO)c(Br)c1. The second-order valence-corrected chi connectivity index (χ2v) is 3.54. The Morgan fingerprint density at radius 3 is 2.69 bits per heavy atom. The molecule has 0 saturated heterocycles. The first-order chi connectivity index (χ1) is 6.19. The molecule has 0 radical (unpaired) electrons. The summed E-state index contributed by atoms with van der Waals surface area (Å²) in [6, 6.07) is 3.20. The van der Waals surface area contributed by atoms with Gasteiger partial charge in [0.05, 0.1) is 6.61 Å². The fraction of sp³-hybridized carbons (Fsp3) is 0.200. The van der Waals surface area contributed by atoms with Gasteiger partial charge in [-0.15, -0.1) is 6.58 Å². The number of aliphatic hydroxyl groups is 1. The van der Waals surface area contributed by atoms with Gasteiger partial charge in [-0.25, -0.2) is 4.39 Å². The van der Waals surface area contributed by atoms with Crippen LogP contribution < -0.4 is 0 Å². The molecule has 0 bridgehead atoms. The maximum atomic E-state index is 13.2. The molecule has 1 rings (SSSR count). The van der Waals surface area contributed by atoms with Crippen LogP contribution in [0.15, 0.2) is 29.3 Å². The lowest BCUT2D eigenvalue weighted by molar-refractivity contribution is 0.275. The minimum absolute atomic E-state index is 0.291. The third-order valence-corrected chi connectivity index (χ3v) is 2.45. The van der Waals surface area contributed by atoms with Crippen LogP contribution in [-0.2, 0) is 13.0 Å². The van der Waals surface area contributed by atoms with Gasteiger partial charge >= 0.3 is 0 Å². The van der Waals surface area contributed by atoms with Gasteiger partial charge in [-0.05, 0) is 24.1 Å². The molecule has 0 aromatic heterocycles. The molecular formula is C10H10BrFO. The lowest BCUT2D eigenvalue weighted by Gasteiger charge is -2.05. The Labute approximate surface area is 85.0 Å². The van der Waals surface area contributed by atoms with E-state index in [0.717, 1.165) is 5.56 Å². The highest BCUT2D eigenvalue weighted by molar-refractivity contribution is 9.10. The number of aliphatic hydroxyl groups excluding tert-OH is 1. The summed E-state index contributed by atoms with van der Waals surface area (Å²) in [5.41, 5.74) is 1.14. The Bertz CT molecular complexity index is 300. The summed E-state index contributed by atoms with van der Waals surface area (Å²) < 4.78 is 13.8. The number of hydrogen-bond acceptors (Lipinski definition) is 1. The third-order valence-electron chi connectivity index (χ3n) is 1.74. The van der Waals surface area contributed by atoms with E-state index in [0.29, 0.717) is 16.5 Å². The van der Waals surface area contributed by atoms with Crippen molar-refractivity contribution in [2.75, 3.05) is 0 Å². The molecule has 1 nitrogen and oxygen atoms in total. The Kier molecular flexibility index (Phi) is 3.63. The molecule has 0 aliphatic heterocycles. The van der Waals surface area contributed by atoms with Gasteiger partial charge < -0.3 is 5.11 Å². The maximum Gasteiger partial charge on any atom is 0.130 e. The molecule has 0 spiro atoms. The zero-order chi connectivity index (χ0) is 9.84. The molecule has 13 heavy (non-hydrogen) atoms. The largest absolute Gasteiger partial charge is 0.392 e. The first-order valence-corrected chi connectivity index (χ1v) is 4.67. The van der Waals surface area contributed by atoms with Crippen molar-refractivity contribution < 1.29 is 9.50 Å². The Balaban J connectivity index is 3.12. The molecule has 1 aromatic rings. The second kappa shape index (κ2) is 4.53. The van der Waals surface area contributed by atoms with Crippen LogP contribution in [0.2, 0.25) is 0 Å². The molecule has 0 fully saturated rings. The highest BCUT2D eigenvalue weighted by atomic mass is 79.9. The van der Waals surface area contributed by atoms with E-state index in [-0.39, 0.29) is 12.4 Å². The van der Waals surface area contributed by atoms with Gasteiger partial charge in [-0.3, -0.25) is 0 Å². The van der Waals surface area contributed by atoms with Crippen LogP contribution in [0.5, 0.6) is 0 Å². The molecule has 3 heteroatoms. The van der Waals surface area contributed by atoms with Crippen LogP contribution in [0, 0.1) is 5.82 Å². The zero-order valence-electron chi connectivity index (χ0n) is 7.06. The molecule has 0 unspecified atom stereocenters. The molecule has 0 heterocycles. The normalized spacial score (nSPS) is 10.1. The van der Waals surface area contributed by atoms with E-state index in [2.05, 4.69) is 22.5 Å². The van der Waals surface area contributed by atoms with Crippen molar-refractivity contribution in [2.24, 2.45) is 0 Å². The monoisotopic (exact) mass is 244 g/mol. The van der Waals surface area contributed by atoms with Gasteiger partial charge in [0, 0.05) is 10.0 Å². The van der Waals surface area contributed by atoms with Crippen molar-refractivity contribution in [3.8, 4) is 0 Å². The standard InChI is InChI=1S/C10H10BrFO/c1-2-3-7-4-9(11)8(6-13)10(12)5-7/h2,4-5,13H,1,3,6H2. The molecule has 0 saturated carbocycles. The fourth-order valence-corrected chi connectivity index (χ4v) is 1.70. The molecule has 1 aromatic carbocycles. The molecule has 70 valence electrons. The molecule has 1 N–H and O–H groups in total. The summed E-state index contributed by atoms with van der Waals surface area (Å²) in [4.78, 5) is 0. The Hall–Kier alpha value is -0.670. The topological polar surface area (TPSA) is 20.2 Å². The Morgan fingerprint density at radius 1 is 1.54 bits per heavy atom. The van der Waals surface area contributed by atoms with Crippen LogP contribution in [0.1, 0.15) is 11.1 Å². The number of halogens is 2. The van der Waals surface area contributed by atoms with Crippen LogP contribution in [0.25, 0.3) is 0 Å². The Morgan fingerprint density at radius 2 is 2.23 bits per heavy atom. The van der Waals surface area contributed by atoms with Crippen molar-refractivity contribution in [3.05, 3.63) is 46.2 Å². The van der Waals surface area contributed by atoms with Crippen LogP contribution in [0.3, 0.4) is 0 Å². The van der Waals surface area contributed by atoms with Gasteiger partial charge in [0.2, 0.25) is 0 Å². The van der Waals surface area contributed by atoms with Crippen molar-refractivity contribution in [2.45, 2.75) is 13.0 Å². The van der Waals surface area contributed by atoms with Gasteiger partial charge in [-0.1, -0.05) is 22.0 Å². The van der Waals surface area contributed by atoms with Crippen molar-refractivity contribution in [3.63, 3.8) is 0 Å². The van der Waals surface area contributed by atoms with Gasteiger partial charge in [0.25, 0.3) is 0 Å². The van der Waals surface area contributed by atoms with E-state index in [9.17, 15) is 4.39 Å². The van der Waals surface area contributed by atoms with E-state index in [1.54, 1.807) is 12.1 Å². The molecule has 0 aliphatic rings. The first-order valence-electron chi connectivity index (χ1n) is 3.87. The average Bonchev–Trinajstić information content (AvgIpc) is 2.04. The van der Waals surface area contributed by atoms with Crippen LogP contribution >= 0.6 is 15.9 Å². The van der Waals surface area contributed by atoms with E-state index in [4.69, 9.17) is 5.11 Å². The lowest BCUT2D eigenvalue weighted by Crippen LogP contribution is -1.94. The van der Waals surface area contributed by atoms with E-state index in [1.165, 1.54) is 6.07 Å². The third kappa shape index (κ3) is 2.39. The van der Waals surface area contributed by atoms with E-state index < -0.39 is 0 Å². The highest BCUT2D eigenvalue weighted by Crippen LogP contribution is 2.22. The highest BCUT2D eigenvalue weighted by Gasteiger charge is 2.07. The smallest absolute Gasteiger partial charge is 0.130 e. The number of hydrogen-bond donors (Lipinski definition) is 1. The minimum atomic E-state index is -0.381. The summed E-state index contributed by atoms with van der Waals surface area (Å²) >= 11 is 3.19. The summed E-state index contributed by atoms with van der Waals surface area (Å²) in [5.74, 6) is -0.381. The summed E-state index contributed by atoms with van der Waals surface area (Å²) in [6.45, 7) is 3.28. The van der Waals surface area contributed by atoms with Gasteiger partial charge in [-0.2, -0.15) is 0 Å². The van der Waals surface area contributed by atoms with Crippen LogP contribution in [0.4, 0.5) is 4.39 Å². The molecular weight excluding hydrogens is 235 g/mol. The van der Waals surface area contributed by atoms with Gasteiger partial charge in [0.1, 0.15) is 5.82 Å². The summed E-state index contributed by atoms with van der Waals surface area (Å²) in [5, 5.41) is 8.83. The first kappa shape index (κ1) is 10.4. The number of allylic oxidation sites excluding steroid dienone is 1. The molecule has 0 aliphatic carbocycles. The van der Waals surface area contributed by atoms with Gasteiger partial charge in [0.15, 0.2) is 0 Å².